The van der Waals surface area contributed by atoms with Gasteiger partial charge in [0.05, 0.1) is 23.0 Å². The van der Waals surface area contributed by atoms with Crippen molar-refractivity contribution >= 4 is 33.0 Å². The fraction of sp³-hybridized carbons (Fsp3) is 0.0714. The molecule has 3 N–H and O–H groups in total. The number of nitriles is 1. The van der Waals surface area contributed by atoms with Crippen molar-refractivity contribution in [1.82, 2.24) is 0 Å². The number of anilines is 3. The summed E-state index contributed by atoms with van der Waals surface area (Å²) in [6.07, 6.45) is 0. The van der Waals surface area contributed by atoms with E-state index in [-0.39, 0.29) is 0 Å². The molecule has 0 amide bonds. The van der Waals surface area contributed by atoms with Crippen molar-refractivity contribution in [2.75, 3.05) is 11.1 Å². The number of aryl methyl sites for hydroxylation is 1. The molecule has 0 aromatic heterocycles. The quantitative estimate of drug-likeness (QED) is 0.826. The molecule has 0 fully saturated rings. The maximum Gasteiger partial charge on any atom is 0.0992 e. The third kappa shape index (κ3) is 2.82. The van der Waals surface area contributed by atoms with Crippen LogP contribution in [0, 0.1) is 18.3 Å². The Morgan fingerprint density at radius 1 is 1.22 bits per heavy atom. The maximum atomic E-state index is 8.78. The SMILES string of the molecule is Cc1cc(Br)cc(Nc2ccc(C#N)cc2N)c1. The summed E-state index contributed by atoms with van der Waals surface area (Å²) >= 11 is 3.45. The molecule has 0 heterocycles. The van der Waals surface area contributed by atoms with E-state index in [0.717, 1.165) is 21.4 Å². The second-order valence-electron chi connectivity index (χ2n) is 4.06. The number of hydrogen-bond acceptors (Lipinski definition) is 3. The van der Waals surface area contributed by atoms with E-state index in [0.29, 0.717) is 11.3 Å². The normalized spacial score (nSPS) is 9.83. The van der Waals surface area contributed by atoms with Crippen molar-refractivity contribution in [3.8, 4) is 6.07 Å². The highest BCUT2D eigenvalue weighted by Gasteiger charge is 2.02. The number of nitrogens with two attached hydrogens (primary N) is 1. The molecule has 90 valence electrons. The standard InChI is InChI=1S/C14H12BrN3/c1-9-4-11(15)7-12(5-9)18-14-3-2-10(8-16)6-13(14)17/h2-7,18H,17H2,1H3. The summed E-state index contributed by atoms with van der Waals surface area (Å²) in [7, 11) is 0. The molecule has 0 saturated heterocycles. The fourth-order valence-electron chi connectivity index (χ4n) is 1.71. The number of nitrogen functional groups attached to an aromatic ring is 1. The van der Waals surface area contributed by atoms with Gasteiger partial charge in [0, 0.05) is 10.2 Å². The predicted octanol–water partition coefficient (Wildman–Crippen LogP) is 3.96. The van der Waals surface area contributed by atoms with Gasteiger partial charge in [-0.3, -0.25) is 0 Å². The molecule has 0 radical (unpaired) electrons. The first kappa shape index (κ1) is 12.5. The second-order valence-corrected chi connectivity index (χ2v) is 4.97. The molecule has 3 nitrogen and oxygen atoms in total. The molecule has 0 spiro atoms. The number of hydrogen-bond donors (Lipinski definition) is 2. The van der Waals surface area contributed by atoms with Gasteiger partial charge < -0.3 is 11.1 Å². The summed E-state index contributed by atoms with van der Waals surface area (Å²) < 4.78 is 1.01. The highest BCUT2D eigenvalue weighted by Crippen LogP contribution is 2.26. The van der Waals surface area contributed by atoms with Crippen LogP contribution in [0.15, 0.2) is 40.9 Å². The molecular weight excluding hydrogens is 290 g/mol. The Morgan fingerprint density at radius 2 is 2.00 bits per heavy atom. The number of halogens is 1. The minimum absolute atomic E-state index is 0.559. The first-order valence-corrected chi connectivity index (χ1v) is 6.21. The smallest absolute Gasteiger partial charge is 0.0992 e. The maximum absolute atomic E-state index is 8.78. The van der Waals surface area contributed by atoms with Crippen molar-refractivity contribution in [3.63, 3.8) is 0 Å². The first-order valence-electron chi connectivity index (χ1n) is 5.42. The van der Waals surface area contributed by atoms with Crippen LogP contribution >= 0.6 is 15.9 Å². The summed E-state index contributed by atoms with van der Waals surface area (Å²) in [5.41, 5.74) is 9.92. The Bertz CT molecular complexity index is 609. The van der Waals surface area contributed by atoms with Gasteiger partial charge in [-0.2, -0.15) is 5.26 Å². The Hall–Kier alpha value is -1.99. The number of rotatable bonds is 2. The van der Waals surface area contributed by atoms with Gasteiger partial charge in [-0.05, 0) is 48.9 Å². The first-order chi connectivity index (χ1) is 8.58. The van der Waals surface area contributed by atoms with Gasteiger partial charge in [-0.25, -0.2) is 0 Å². The summed E-state index contributed by atoms with van der Waals surface area (Å²) in [4.78, 5) is 0. The van der Waals surface area contributed by atoms with Crippen LogP contribution < -0.4 is 11.1 Å². The summed E-state index contributed by atoms with van der Waals surface area (Å²) in [5.74, 6) is 0. The molecule has 4 heteroatoms. The van der Waals surface area contributed by atoms with Crippen molar-refractivity contribution in [3.05, 3.63) is 52.0 Å². The Labute approximate surface area is 114 Å². The van der Waals surface area contributed by atoms with Crippen LogP contribution in [0.1, 0.15) is 11.1 Å². The van der Waals surface area contributed by atoms with Crippen LogP contribution in [0.4, 0.5) is 17.1 Å². The van der Waals surface area contributed by atoms with E-state index < -0.39 is 0 Å². The zero-order valence-corrected chi connectivity index (χ0v) is 11.5. The van der Waals surface area contributed by atoms with E-state index in [4.69, 9.17) is 11.0 Å². The second kappa shape index (κ2) is 5.11. The minimum atomic E-state index is 0.559. The zero-order valence-electron chi connectivity index (χ0n) is 9.87. The van der Waals surface area contributed by atoms with Gasteiger partial charge in [0.2, 0.25) is 0 Å². The largest absolute Gasteiger partial charge is 0.397 e. The van der Waals surface area contributed by atoms with E-state index in [2.05, 4.69) is 27.3 Å². The third-order valence-corrected chi connectivity index (χ3v) is 2.96. The molecule has 0 atom stereocenters. The highest BCUT2D eigenvalue weighted by atomic mass is 79.9. The number of nitrogens with zero attached hydrogens (tertiary/aromatic N) is 1. The molecular formula is C14H12BrN3. The van der Waals surface area contributed by atoms with E-state index in [1.54, 1.807) is 12.1 Å². The Morgan fingerprint density at radius 3 is 2.61 bits per heavy atom. The lowest BCUT2D eigenvalue weighted by Gasteiger charge is -2.10. The van der Waals surface area contributed by atoms with Crippen LogP contribution in [0.2, 0.25) is 0 Å². The average molecular weight is 302 g/mol. The van der Waals surface area contributed by atoms with E-state index in [1.165, 1.54) is 0 Å². The minimum Gasteiger partial charge on any atom is -0.397 e. The van der Waals surface area contributed by atoms with Crippen molar-refractivity contribution in [2.24, 2.45) is 0 Å². The molecule has 0 aliphatic carbocycles. The lowest BCUT2D eigenvalue weighted by molar-refractivity contribution is 1.43. The Kier molecular flexibility index (Phi) is 3.54. The van der Waals surface area contributed by atoms with Gasteiger partial charge in [-0.15, -0.1) is 0 Å². The molecule has 0 unspecified atom stereocenters. The molecule has 0 aliphatic rings. The average Bonchev–Trinajstić information content (AvgIpc) is 2.30. The van der Waals surface area contributed by atoms with Crippen LogP contribution in [-0.4, -0.2) is 0 Å². The fourth-order valence-corrected chi connectivity index (χ4v) is 2.32. The van der Waals surface area contributed by atoms with Crippen LogP contribution in [-0.2, 0) is 0 Å². The lowest BCUT2D eigenvalue weighted by Crippen LogP contribution is -1.97. The topological polar surface area (TPSA) is 61.8 Å². The zero-order chi connectivity index (χ0) is 13.1. The molecule has 0 saturated carbocycles. The summed E-state index contributed by atoms with van der Waals surface area (Å²) in [6.45, 7) is 2.03. The molecule has 2 rings (SSSR count). The van der Waals surface area contributed by atoms with Gasteiger partial charge in [0.15, 0.2) is 0 Å². The molecule has 0 bridgehead atoms. The lowest BCUT2D eigenvalue weighted by atomic mass is 10.1. The van der Waals surface area contributed by atoms with Gasteiger partial charge >= 0.3 is 0 Å². The number of nitrogens with one attached hydrogen (secondary N) is 1. The Balaban J connectivity index is 2.31. The van der Waals surface area contributed by atoms with Gasteiger partial charge in [0.1, 0.15) is 0 Å². The van der Waals surface area contributed by atoms with Gasteiger partial charge in [-0.1, -0.05) is 15.9 Å². The van der Waals surface area contributed by atoms with Crippen LogP contribution in [0.25, 0.3) is 0 Å². The monoisotopic (exact) mass is 301 g/mol. The molecule has 2 aromatic rings. The molecule has 2 aromatic carbocycles. The third-order valence-electron chi connectivity index (χ3n) is 2.50. The van der Waals surface area contributed by atoms with Gasteiger partial charge in [0.25, 0.3) is 0 Å². The van der Waals surface area contributed by atoms with Crippen molar-refractivity contribution < 1.29 is 0 Å². The van der Waals surface area contributed by atoms with E-state index >= 15 is 0 Å². The van der Waals surface area contributed by atoms with E-state index in [1.807, 2.05) is 31.2 Å². The highest BCUT2D eigenvalue weighted by molar-refractivity contribution is 9.10. The molecule has 0 aliphatic heterocycles. The van der Waals surface area contributed by atoms with Crippen LogP contribution in [0.5, 0.6) is 0 Å². The van der Waals surface area contributed by atoms with Crippen molar-refractivity contribution in [1.29, 1.82) is 5.26 Å². The van der Waals surface area contributed by atoms with E-state index in [9.17, 15) is 0 Å². The van der Waals surface area contributed by atoms with Crippen molar-refractivity contribution in [2.45, 2.75) is 6.92 Å². The predicted molar refractivity (Wildman–Crippen MR) is 77.7 cm³/mol. The summed E-state index contributed by atoms with van der Waals surface area (Å²) in [5, 5.41) is 12.0. The summed E-state index contributed by atoms with van der Waals surface area (Å²) in [6, 6.07) is 13.3. The molecule has 18 heavy (non-hydrogen) atoms. The number of benzene rings is 2. The van der Waals surface area contributed by atoms with Crippen LogP contribution in [0.3, 0.4) is 0 Å².